The molecule has 0 spiro atoms. The molecule has 1 N–H and O–H groups in total. The monoisotopic (exact) mass is 294 g/mol. The van der Waals surface area contributed by atoms with E-state index in [0.717, 1.165) is 17.8 Å². The van der Waals surface area contributed by atoms with Crippen LogP contribution >= 0.6 is 11.6 Å². The number of nitrogens with zero attached hydrogens (tertiary/aromatic N) is 3. The fourth-order valence-electron chi connectivity index (χ4n) is 2.14. The molecular weight excluding hydrogens is 276 g/mol. The molecule has 0 radical (unpaired) electrons. The van der Waals surface area contributed by atoms with E-state index in [-0.39, 0.29) is 6.04 Å². The quantitative estimate of drug-likeness (QED) is 0.849. The van der Waals surface area contributed by atoms with Crippen LogP contribution in [0.4, 0.5) is 0 Å². The zero-order chi connectivity index (χ0) is 14.4. The second-order valence-corrected chi connectivity index (χ2v) is 4.87. The first-order valence-corrected chi connectivity index (χ1v) is 6.91. The summed E-state index contributed by atoms with van der Waals surface area (Å²) in [7, 11) is 3.59. The molecule has 0 saturated heterocycles. The first-order valence-electron chi connectivity index (χ1n) is 6.53. The largest absolute Gasteiger partial charge is 0.383 e. The Morgan fingerprint density at radius 1 is 1.45 bits per heavy atom. The Morgan fingerprint density at radius 3 is 2.95 bits per heavy atom. The number of aromatic nitrogens is 3. The zero-order valence-electron chi connectivity index (χ0n) is 11.7. The molecule has 1 atom stereocenters. The highest BCUT2D eigenvalue weighted by atomic mass is 35.5. The van der Waals surface area contributed by atoms with Crippen molar-refractivity contribution < 1.29 is 4.74 Å². The Bertz CT molecular complexity index is 529. The normalized spacial score (nSPS) is 12.6. The summed E-state index contributed by atoms with van der Waals surface area (Å²) in [5.74, 6) is 0. The average molecular weight is 295 g/mol. The lowest BCUT2D eigenvalue weighted by Gasteiger charge is -2.18. The van der Waals surface area contributed by atoms with Crippen molar-refractivity contribution in [3.63, 3.8) is 0 Å². The van der Waals surface area contributed by atoms with E-state index in [4.69, 9.17) is 16.3 Å². The molecule has 108 valence electrons. The molecule has 0 fully saturated rings. The van der Waals surface area contributed by atoms with Gasteiger partial charge < -0.3 is 10.1 Å². The standard InChI is InChI=1S/C14H19ClN4O/c1-16-13(9-11-5-3-4-6-17-11)14-12(15)10-18-19(14)7-8-20-2/h3-6,10,13,16H,7-9H2,1-2H3. The summed E-state index contributed by atoms with van der Waals surface area (Å²) in [5, 5.41) is 8.26. The topological polar surface area (TPSA) is 52.0 Å². The Labute approximate surface area is 123 Å². The number of methoxy groups -OCH3 is 1. The molecule has 0 aliphatic carbocycles. The number of halogens is 1. The SMILES string of the molecule is CNC(Cc1ccccn1)c1c(Cl)cnn1CCOC. The molecular formula is C14H19ClN4O. The number of hydrogen-bond donors (Lipinski definition) is 1. The van der Waals surface area contributed by atoms with Crippen molar-refractivity contribution in [1.29, 1.82) is 0 Å². The minimum absolute atomic E-state index is 0.0664. The van der Waals surface area contributed by atoms with E-state index in [0.29, 0.717) is 18.2 Å². The van der Waals surface area contributed by atoms with E-state index in [9.17, 15) is 0 Å². The first-order chi connectivity index (χ1) is 9.76. The maximum atomic E-state index is 6.28. The molecule has 0 bridgehead atoms. The van der Waals surface area contributed by atoms with Gasteiger partial charge in [-0.1, -0.05) is 17.7 Å². The van der Waals surface area contributed by atoms with Crippen LogP contribution in [0.2, 0.25) is 5.02 Å². The smallest absolute Gasteiger partial charge is 0.0834 e. The van der Waals surface area contributed by atoms with Crippen LogP contribution in [0.15, 0.2) is 30.6 Å². The van der Waals surface area contributed by atoms with Crippen molar-refractivity contribution in [3.8, 4) is 0 Å². The average Bonchev–Trinajstić information content (AvgIpc) is 2.84. The van der Waals surface area contributed by atoms with Gasteiger partial charge in [-0.3, -0.25) is 9.67 Å². The molecule has 2 aromatic rings. The van der Waals surface area contributed by atoms with Crippen molar-refractivity contribution in [2.75, 3.05) is 20.8 Å². The number of rotatable bonds is 7. The van der Waals surface area contributed by atoms with Crippen LogP contribution in [-0.4, -0.2) is 35.5 Å². The van der Waals surface area contributed by atoms with Gasteiger partial charge in [0.15, 0.2) is 0 Å². The molecule has 1 unspecified atom stereocenters. The summed E-state index contributed by atoms with van der Waals surface area (Å²) in [5.41, 5.74) is 1.99. The number of nitrogens with one attached hydrogen (secondary N) is 1. The van der Waals surface area contributed by atoms with Crippen LogP contribution < -0.4 is 5.32 Å². The molecule has 0 aliphatic rings. The molecule has 2 heterocycles. The minimum Gasteiger partial charge on any atom is -0.383 e. The van der Waals surface area contributed by atoms with Crippen LogP contribution in [0.1, 0.15) is 17.4 Å². The van der Waals surface area contributed by atoms with E-state index < -0.39 is 0 Å². The lowest BCUT2D eigenvalue weighted by atomic mass is 10.1. The molecule has 2 rings (SSSR count). The van der Waals surface area contributed by atoms with Crippen LogP contribution in [-0.2, 0) is 17.7 Å². The van der Waals surface area contributed by atoms with Gasteiger partial charge in [-0.2, -0.15) is 5.10 Å². The number of pyridine rings is 1. The van der Waals surface area contributed by atoms with Crippen LogP contribution in [0.3, 0.4) is 0 Å². The number of ether oxygens (including phenoxy) is 1. The highest BCUT2D eigenvalue weighted by molar-refractivity contribution is 6.31. The summed E-state index contributed by atoms with van der Waals surface area (Å²) in [6.45, 7) is 1.28. The van der Waals surface area contributed by atoms with Gasteiger partial charge in [-0.15, -0.1) is 0 Å². The van der Waals surface area contributed by atoms with Crippen LogP contribution in [0.5, 0.6) is 0 Å². The predicted molar refractivity (Wildman–Crippen MR) is 78.9 cm³/mol. The summed E-state index contributed by atoms with van der Waals surface area (Å²) in [6, 6.07) is 5.97. The van der Waals surface area contributed by atoms with Crippen molar-refractivity contribution in [2.24, 2.45) is 0 Å². The Morgan fingerprint density at radius 2 is 2.30 bits per heavy atom. The zero-order valence-corrected chi connectivity index (χ0v) is 12.5. The molecule has 0 amide bonds. The minimum atomic E-state index is 0.0664. The van der Waals surface area contributed by atoms with Crippen molar-refractivity contribution in [1.82, 2.24) is 20.1 Å². The third kappa shape index (κ3) is 3.56. The van der Waals surface area contributed by atoms with E-state index in [1.807, 2.05) is 29.9 Å². The Kier molecular flexibility index (Phi) is 5.52. The van der Waals surface area contributed by atoms with Gasteiger partial charge in [0.25, 0.3) is 0 Å². The van der Waals surface area contributed by atoms with Gasteiger partial charge in [-0.05, 0) is 19.2 Å². The summed E-state index contributed by atoms with van der Waals surface area (Å²) in [4.78, 5) is 4.36. The molecule has 0 saturated carbocycles. The molecule has 6 heteroatoms. The lowest BCUT2D eigenvalue weighted by molar-refractivity contribution is 0.181. The third-order valence-corrected chi connectivity index (χ3v) is 3.45. The highest BCUT2D eigenvalue weighted by Crippen LogP contribution is 2.25. The lowest BCUT2D eigenvalue weighted by Crippen LogP contribution is -2.24. The van der Waals surface area contributed by atoms with Crippen molar-refractivity contribution in [2.45, 2.75) is 19.0 Å². The Hall–Kier alpha value is -1.43. The predicted octanol–water partition coefficient (Wildman–Crippen LogP) is 2.08. The second-order valence-electron chi connectivity index (χ2n) is 4.46. The summed E-state index contributed by atoms with van der Waals surface area (Å²) >= 11 is 6.28. The van der Waals surface area contributed by atoms with Gasteiger partial charge in [-0.25, -0.2) is 0 Å². The van der Waals surface area contributed by atoms with Gasteiger partial charge >= 0.3 is 0 Å². The van der Waals surface area contributed by atoms with Gasteiger partial charge in [0, 0.05) is 25.4 Å². The van der Waals surface area contributed by atoms with E-state index in [1.165, 1.54) is 0 Å². The second kappa shape index (κ2) is 7.38. The summed E-state index contributed by atoms with van der Waals surface area (Å²) in [6.07, 6.45) is 4.23. The Balaban J connectivity index is 2.20. The first kappa shape index (κ1) is 15.0. The van der Waals surface area contributed by atoms with E-state index >= 15 is 0 Å². The number of hydrogen-bond acceptors (Lipinski definition) is 4. The highest BCUT2D eigenvalue weighted by Gasteiger charge is 2.19. The summed E-state index contributed by atoms with van der Waals surface area (Å²) < 4.78 is 6.99. The fourth-order valence-corrected chi connectivity index (χ4v) is 2.41. The molecule has 0 aliphatic heterocycles. The molecule has 5 nitrogen and oxygen atoms in total. The molecule has 2 aromatic heterocycles. The van der Waals surface area contributed by atoms with E-state index in [2.05, 4.69) is 15.4 Å². The molecule has 0 aromatic carbocycles. The van der Waals surface area contributed by atoms with Crippen LogP contribution in [0.25, 0.3) is 0 Å². The van der Waals surface area contributed by atoms with Crippen LogP contribution in [0, 0.1) is 0 Å². The third-order valence-electron chi connectivity index (χ3n) is 3.16. The molecule has 20 heavy (non-hydrogen) atoms. The maximum absolute atomic E-state index is 6.28. The van der Waals surface area contributed by atoms with Crippen molar-refractivity contribution in [3.05, 3.63) is 47.0 Å². The van der Waals surface area contributed by atoms with Crippen molar-refractivity contribution >= 4 is 11.6 Å². The van der Waals surface area contributed by atoms with E-state index in [1.54, 1.807) is 19.5 Å². The van der Waals surface area contributed by atoms with Gasteiger partial charge in [0.2, 0.25) is 0 Å². The maximum Gasteiger partial charge on any atom is 0.0834 e. The van der Waals surface area contributed by atoms with Gasteiger partial charge in [0.05, 0.1) is 36.1 Å². The number of likely N-dealkylation sites (N-methyl/N-ethyl adjacent to an activating group) is 1. The van der Waals surface area contributed by atoms with Gasteiger partial charge in [0.1, 0.15) is 0 Å². The fraction of sp³-hybridized carbons (Fsp3) is 0.429.